The van der Waals surface area contributed by atoms with E-state index in [1.54, 1.807) is 4.90 Å². The van der Waals surface area contributed by atoms with Gasteiger partial charge in [-0.25, -0.2) is 4.79 Å². The first-order chi connectivity index (χ1) is 8.76. The normalized spacial score (nSPS) is 19.3. The van der Waals surface area contributed by atoms with Crippen LogP contribution < -0.4 is 5.32 Å². The third-order valence-corrected chi connectivity index (χ3v) is 3.09. The molecular formula is C13H26N2O4. The van der Waals surface area contributed by atoms with Crippen LogP contribution in [0.2, 0.25) is 0 Å². The molecule has 1 aliphatic heterocycles. The second-order valence-corrected chi connectivity index (χ2v) is 6.09. The van der Waals surface area contributed by atoms with E-state index in [0.717, 1.165) is 0 Å². The van der Waals surface area contributed by atoms with Crippen molar-refractivity contribution in [3.8, 4) is 0 Å². The summed E-state index contributed by atoms with van der Waals surface area (Å²) in [4.78, 5) is 13.5. The van der Waals surface area contributed by atoms with Gasteiger partial charge in [-0.1, -0.05) is 0 Å². The van der Waals surface area contributed by atoms with Gasteiger partial charge in [-0.3, -0.25) is 0 Å². The van der Waals surface area contributed by atoms with Gasteiger partial charge in [0.1, 0.15) is 5.60 Å². The van der Waals surface area contributed by atoms with E-state index in [0.29, 0.717) is 39.0 Å². The lowest BCUT2D eigenvalue weighted by atomic mass is 9.91. The molecule has 1 aliphatic rings. The predicted molar refractivity (Wildman–Crippen MR) is 71.9 cm³/mol. The summed E-state index contributed by atoms with van der Waals surface area (Å²) in [6.07, 6.45) is 0.716. The zero-order chi connectivity index (χ0) is 14.5. The third-order valence-electron chi connectivity index (χ3n) is 3.09. The lowest BCUT2D eigenvalue weighted by Gasteiger charge is -2.38. The van der Waals surface area contributed by atoms with E-state index in [1.165, 1.54) is 0 Å². The number of amides is 1. The molecule has 0 spiro atoms. The van der Waals surface area contributed by atoms with Crippen molar-refractivity contribution in [3.05, 3.63) is 0 Å². The van der Waals surface area contributed by atoms with E-state index in [-0.39, 0.29) is 12.7 Å². The number of piperidine rings is 1. The Balaban J connectivity index is 2.37. The Kier molecular flexibility index (Phi) is 5.58. The van der Waals surface area contributed by atoms with Crippen LogP contribution in [-0.2, 0) is 4.74 Å². The molecule has 1 saturated heterocycles. The van der Waals surface area contributed by atoms with Crippen LogP contribution in [0.1, 0.15) is 33.6 Å². The number of nitrogens with zero attached hydrogens (tertiary/aromatic N) is 1. The minimum Gasteiger partial charge on any atom is -0.444 e. The molecule has 0 saturated carbocycles. The van der Waals surface area contributed by atoms with Crippen LogP contribution in [0.5, 0.6) is 0 Å². The Morgan fingerprint density at radius 2 is 1.95 bits per heavy atom. The predicted octanol–water partition coefficient (Wildman–Crippen LogP) is 0.330. The molecule has 1 heterocycles. The Bertz CT molecular complexity index is 294. The standard InChI is InChI=1S/C13H26N2O4/c1-12(2,3)19-11(17)15-7-4-13(18,5-8-15)10-14-6-9-16/h14,16,18H,4-10H2,1-3H3. The van der Waals surface area contributed by atoms with Crippen molar-refractivity contribution >= 4 is 6.09 Å². The number of carbonyl (C=O) groups is 1. The molecule has 0 bridgehead atoms. The van der Waals surface area contributed by atoms with Gasteiger partial charge < -0.3 is 25.2 Å². The van der Waals surface area contributed by atoms with Gasteiger partial charge in [0.15, 0.2) is 0 Å². The van der Waals surface area contributed by atoms with Crippen molar-refractivity contribution in [1.82, 2.24) is 10.2 Å². The van der Waals surface area contributed by atoms with Gasteiger partial charge in [-0.15, -0.1) is 0 Å². The molecule has 0 aliphatic carbocycles. The molecule has 112 valence electrons. The smallest absolute Gasteiger partial charge is 0.410 e. The van der Waals surface area contributed by atoms with E-state index >= 15 is 0 Å². The van der Waals surface area contributed by atoms with Crippen LogP contribution >= 0.6 is 0 Å². The maximum Gasteiger partial charge on any atom is 0.410 e. The molecule has 0 aromatic heterocycles. The summed E-state index contributed by atoms with van der Waals surface area (Å²) in [7, 11) is 0. The molecule has 0 aromatic rings. The van der Waals surface area contributed by atoms with Crippen molar-refractivity contribution in [2.45, 2.75) is 44.8 Å². The molecule has 1 fully saturated rings. The van der Waals surface area contributed by atoms with E-state index < -0.39 is 11.2 Å². The monoisotopic (exact) mass is 274 g/mol. The molecule has 0 atom stereocenters. The highest BCUT2D eigenvalue weighted by atomic mass is 16.6. The molecular weight excluding hydrogens is 248 g/mol. The number of aliphatic hydroxyl groups excluding tert-OH is 1. The first-order valence-electron chi connectivity index (χ1n) is 6.78. The molecule has 19 heavy (non-hydrogen) atoms. The van der Waals surface area contributed by atoms with Gasteiger partial charge >= 0.3 is 6.09 Å². The summed E-state index contributed by atoms with van der Waals surface area (Å²) < 4.78 is 5.30. The number of nitrogens with one attached hydrogen (secondary N) is 1. The molecule has 1 amide bonds. The van der Waals surface area contributed by atoms with Crippen LogP contribution in [0.3, 0.4) is 0 Å². The van der Waals surface area contributed by atoms with Gasteiger partial charge in [0.25, 0.3) is 0 Å². The number of likely N-dealkylation sites (tertiary alicyclic amines) is 1. The third kappa shape index (κ3) is 5.76. The molecule has 1 rings (SSSR count). The number of rotatable bonds is 4. The van der Waals surface area contributed by atoms with Gasteiger partial charge in [-0.2, -0.15) is 0 Å². The Labute approximate surface area is 114 Å². The highest BCUT2D eigenvalue weighted by Gasteiger charge is 2.34. The van der Waals surface area contributed by atoms with Crippen molar-refractivity contribution in [2.24, 2.45) is 0 Å². The summed E-state index contributed by atoms with van der Waals surface area (Å²) in [6, 6.07) is 0. The minimum atomic E-state index is -0.798. The average molecular weight is 274 g/mol. The number of aliphatic hydroxyl groups is 2. The fourth-order valence-electron chi connectivity index (χ4n) is 2.01. The number of carbonyl (C=O) groups excluding carboxylic acids is 1. The SMILES string of the molecule is CC(C)(C)OC(=O)N1CCC(O)(CNCCO)CC1. The van der Waals surface area contributed by atoms with Crippen LogP contribution in [0.25, 0.3) is 0 Å². The van der Waals surface area contributed by atoms with Crippen LogP contribution in [0.4, 0.5) is 4.79 Å². The Morgan fingerprint density at radius 3 is 2.42 bits per heavy atom. The van der Waals surface area contributed by atoms with E-state index in [1.807, 2.05) is 20.8 Å². The number of hydrogen-bond donors (Lipinski definition) is 3. The van der Waals surface area contributed by atoms with Gasteiger partial charge in [0, 0.05) is 26.2 Å². The Hall–Kier alpha value is -0.850. The number of hydrogen-bond acceptors (Lipinski definition) is 5. The van der Waals surface area contributed by atoms with E-state index in [9.17, 15) is 9.90 Å². The quantitative estimate of drug-likeness (QED) is 0.644. The highest BCUT2D eigenvalue weighted by molar-refractivity contribution is 5.68. The van der Waals surface area contributed by atoms with E-state index in [4.69, 9.17) is 9.84 Å². The van der Waals surface area contributed by atoms with E-state index in [2.05, 4.69) is 5.32 Å². The summed E-state index contributed by atoms with van der Waals surface area (Å²) in [5.41, 5.74) is -1.29. The summed E-state index contributed by atoms with van der Waals surface area (Å²) >= 11 is 0. The van der Waals surface area contributed by atoms with Crippen LogP contribution in [-0.4, -0.2) is 65.2 Å². The molecule has 0 aromatic carbocycles. The summed E-state index contributed by atoms with van der Waals surface area (Å²) in [6.45, 7) is 7.46. The number of ether oxygens (including phenoxy) is 1. The van der Waals surface area contributed by atoms with Crippen molar-refractivity contribution in [2.75, 3.05) is 32.8 Å². The Morgan fingerprint density at radius 1 is 1.37 bits per heavy atom. The molecule has 3 N–H and O–H groups in total. The fraction of sp³-hybridized carbons (Fsp3) is 0.923. The van der Waals surface area contributed by atoms with Crippen molar-refractivity contribution in [3.63, 3.8) is 0 Å². The molecule has 0 radical (unpaired) electrons. The van der Waals surface area contributed by atoms with Gasteiger partial charge in [0.05, 0.1) is 12.2 Å². The lowest BCUT2D eigenvalue weighted by molar-refractivity contribution is -0.0311. The maximum absolute atomic E-state index is 11.9. The average Bonchev–Trinajstić information content (AvgIpc) is 2.27. The van der Waals surface area contributed by atoms with Crippen LogP contribution in [0.15, 0.2) is 0 Å². The molecule has 6 heteroatoms. The topological polar surface area (TPSA) is 82.0 Å². The minimum absolute atomic E-state index is 0.0557. The zero-order valence-electron chi connectivity index (χ0n) is 12.1. The van der Waals surface area contributed by atoms with Gasteiger partial charge in [0.2, 0.25) is 0 Å². The van der Waals surface area contributed by atoms with Crippen molar-refractivity contribution in [1.29, 1.82) is 0 Å². The zero-order valence-corrected chi connectivity index (χ0v) is 12.1. The highest BCUT2D eigenvalue weighted by Crippen LogP contribution is 2.23. The fourth-order valence-corrected chi connectivity index (χ4v) is 2.01. The van der Waals surface area contributed by atoms with Gasteiger partial charge in [-0.05, 0) is 33.6 Å². The van der Waals surface area contributed by atoms with Crippen LogP contribution in [0, 0.1) is 0 Å². The summed E-state index contributed by atoms with van der Waals surface area (Å²) in [5.74, 6) is 0. The second kappa shape index (κ2) is 6.54. The molecule has 0 unspecified atom stereocenters. The van der Waals surface area contributed by atoms with Crippen molar-refractivity contribution < 1.29 is 19.7 Å². The first-order valence-corrected chi connectivity index (χ1v) is 6.78. The summed E-state index contributed by atoms with van der Waals surface area (Å²) in [5, 5.41) is 22.0. The maximum atomic E-state index is 11.9. The first kappa shape index (κ1) is 16.2. The largest absolute Gasteiger partial charge is 0.444 e. The second-order valence-electron chi connectivity index (χ2n) is 6.09. The lowest BCUT2D eigenvalue weighted by Crippen LogP contribution is -2.52. The molecule has 6 nitrogen and oxygen atoms in total.